The Labute approximate surface area is 205 Å². The molecule has 6 rings (SSSR count). The Balaban J connectivity index is 1.24. The number of likely N-dealkylation sites (N-methyl/N-ethyl adjacent to an activating group) is 1. The van der Waals surface area contributed by atoms with Gasteiger partial charge in [0, 0.05) is 66.5 Å². The van der Waals surface area contributed by atoms with Crippen LogP contribution in [0.25, 0.3) is 33.3 Å². The van der Waals surface area contributed by atoms with Gasteiger partial charge in [-0.15, -0.1) is 0 Å². The lowest BCUT2D eigenvalue weighted by atomic mass is 10.0. The molecule has 35 heavy (non-hydrogen) atoms. The average Bonchev–Trinajstić information content (AvgIpc) is 3.66. The highest BCUT2D eigenvalue weighted by molar-refractivity contribution is 7.93. The minimum atomic E-state index is -3.26. The first-order valence-electron chi connectivity index (χ1n) is 12.1. The van der Waals surface area contributed by atoms with Crippen molar-refractivity contribution in [3.63, 3.8) is 0 Å². The van der Waals surface area contributed by atoms with Gasteiger partial charge < -0.3 is 14.8 Å². The lowest BCUT2D eigenvalue weighted by molar-refractivity contribution is 0.313. The maximum Gasteiger partial charge on any atom is 0.235 e. The van der Waals surface area contributed by atoms with Crippen LogP contribution in [0.5, 0.6) is 0 Å². The number of H-pyrrole nitrogens is 1. The molecule has 2 N–H and O–H groups in total. The first-order valence-corrected chi connectivity index (χ1v) is 13.6. The molecule has 1 saturated heterocycles. The average molecular weight is 488 g/mol. The molecule has 0 amide bonds. The fourth-order valence-electron chi connectivity index (χ4n) is 4.67. The largest absolute Gasteiger partial charge is 0.369 e. The van der Waals surface area contributed by atoms with E-state index in [1.807, 2.05) is 36.7 Å². The quantitative estimate of drug-likeness (QED) is 0.417. The van der Waals surface area contributed by atoms with Crippen molar-refractivity contribution in [3.8, 4) is 22.3 Å². The van der Waals surface area contributed by atoms with Gasteiger partial charge in [0.1, 0.15) is 5.65 Å². The van der Waals surface area contributed by atoms with Gasteiger partial charge in [-0.1, -0.05) is 24.3 Å². The van der Waals surface area contributed by atoms with Gasteiger partial charge in [-0.05, 0) is 61.3 Å². The first kappa shape index (κ1) is 22.1. The molecule has 1 aliphatic carbocycles. The molecule has 3 heterocycles. The van der Waals surface area contributed by atoms with E-state index in [1.165, 1.54) is 5.69 Å². The van der Waals surface area contributed by atoms with Gasteiger partial charge >= 0.3 is 0 Å². The number of nitrogens with zero attached hydrogens (tertiary/aromatic N) is 3. The van der Waals surface area contributed by atoms with Crippen LogP contribution in [-0.2, 0) is 10.0 Å². The number of aromatic nitrogens is 2. The molecule has 1 saturated carbocycles. The molecule has 2 fully saturated rings. The van der Waals surface area contributed by atoms with E-state index in [0.717, 1.165) is 72.3 Å². The molecule has 8 heteroatoms. The van der Waals surface area contributed by atoms with Crippen molar-refractivity contribution in [3.05, 3.63) is 67.0 Å². The predicted molar refractivity (Wildman–Crippen MR) is 142 cm³/mol. The summed E-state index contributed by atoms with van der Waals surface area (Å²) in [5, 5.41) is 0.799. The van der Waals surface area contributed by atoms with Crippen LogP contribution in [0.1, 0.15) is 12.8 Å². The maximum atomic E-state index is 12.2. The fraction of sp³-hybridized carbons (Fsp3) is 0.296. The lowest BCUT2D eigenvalue weighted by Crippen LogP contribution is -2.44. The third kappa shape index (κ3) is 4.51. The fourth-order valence-corrected chi connectivity index (χ4v) is 6.06. The van der Waals surface area contributed by atoms with Gasteiger partial charge in [-0.2, -0.15) is 0 Å². The number of rotatable bonds is 6. The molecule has 2 aliphatic rings. The summed E-state index contributed by atoms with van der Waals surface area (Å²) >= 11 is 0. The Morgan fingerprint density at radius 1 is 0.914 bits per heavy atom. The third-order valence-corrected chi connectivity index (χ3v) is 8.89. The van der Waals surface area contributed by atoms with E-state index in [9.17, 15) is 8.42 Å². The Morgan fingerprint density at radius 2 is 1.60 bits per heavy atom. The van der Waals surface area contributed by atoms with E-state index in [4.69, 9.17) is 0 Å². The number of hydrogen-bond acceptors (Lipinski definition) is 5. The molecule has 2 aromatic heterocycles. The highest BCUT2D eigenvalue weighted by Crippen LogP contribution is 2.33. The molecule has 180 valence electrons. The van der Waals surface area contributed by atoms with E-state index >= 15 is 0 Å². The van der Waals surface area contributed by atoms with E-state index < -0.39 is 10.0 Å². The third-order valence-electron chi connectivity index (χ3n) is 7.02. The van der Waals surface area contributed by atoms with Crippen molar-refractivity contribution in [1.29, 1.82) is 0 Å². The Morgan fingerprint density at radius 3 is 2.29 bits per heavy atom. The Bertz CT molecular complexity index is 1450. The highest BCUT2D eigenvalue weighted by Gasteiger charge is 2.35. The number of anilines is 2. The van der Waals surface area contributed by atoms with Crippen molar-refractivity contribution in [2.75, 3.05) is 42.8 Å². The van der Waals surface area contributed by atoms with E-state index in [2.05, 4.69) is 61.9 Å². The predicted octanol–water partition coefficient (Wildman–Crippen LogP) is 4.55. The van der Waals surface area contributed by atoms with Crippen LogP contribution in [0.3, 0.4) is 0 Å². The number of sulfonamides is 1. The van der Waals surface area contributed by atoms with Crippen LogP contribution < -0.4 is 9.62 Å². The van der Waals surface area contributed by atoms with Crippen molar-refractivity contribution >= 4 is 32.4 Å². The molecule has 0 atom stereocenters. The Kier molecular flexibility index (Phi) is 5.50. The van der Waals surface area contributed by atoms with Crippen LogP contribution in [0.4, 0.5) is 11.4 Å². The van der Waals surface area contributed by atoms with Crippen molar-refractivity contribution in [2.24, 2.45) is 0 Å². The summed E-state index contributed by atoms with van der Waals surface area (Å²) in [6, 6.07) is 18.4. The van der Waals surface area contributed by atoms with Gasteiger partial charge in [-0.3, -0.25) is 4.72 Å². The number of piperazine rings is 1. The minimum absolute atomic E-state index is 0.240. The monoisotopic (exact) mass is 487 g/mol. The van der Waals surface area contributed by atoms with E-state index in [-0.39, 0.29) is 5.25 Å². The molecule has 7 nitrogen and oxygen atoms in total. The van der Waals surface area contributed by atoms with Crippen molar-refractivity contribution < 1.29 is 8.42 Å². The zero-order valence-electron chi connectivity index (χ0n) is 19.7. The number of aromatic amines is 1. The van der Waals surface area contributed by atoms with Crippen LogP contribution in [0.15, 0.2) is 67.0 Å². The van der Waals surface area contributed by atoms with Gasteiger partial charge in [0.05, 0.1) is 5.25 Å². The summed E-state index contributed by atoms with van der Waals surface area (Å²) in [6.45, 7) is 4.28. The second kappa shape index (κ2) is 8.70. The standard InChI is InChI=1S/C27H29N5O2S/c1-31-12-14-32(15-13-31)23-8-4-19(5-9-23)21-16-25-26(18-29-27(25)28-17-21)20-2-6-22(7-3-20)30-35(33,34)24-10-11-24/h2-9,16-18,24,30H,10-15H2,1H3,(H,28,29). The number of benzene rings is 2. The van der Waals surface area contributed by atoms with Crippen LogP contribution in [-0.4, -0.2) is 61.8 Å². The molecular weight excluding hydrogens is 458 g/mol. The minimum Gasteiger partial charge on any atom is -0.369 e. The van der Waals surface area contributed by atoms with E-state index in [0.29, 0.717) is 5.69 Å². The summed E-state index contributed by atoms with van der Waals surface area (Å²) in [6.07, 6.45) is 5.36. The van der Waals surface area contributed by atoms with Crippen molar-refractivity contribution in [1.82, 2.24) is 14.9 Å². The highest BCUT2D eigenvalue weighted by atomic mass is 32.2. The summed E-state index contributed by atoms with van der Waals surface area (Å²) < 4.78 is 27.1. The molecule has 0 radical (unpaired) electrons. The summed E-state index contributed by atoms with van der Waals surface area (Å²) in [4.78, 5) is 12.7. The van der Waals surface area contributed by atoms with Gasteiger partial charge in [0.25, 0.3) is 0 Å². The summed E-state index contributed by atoms with van der Waals surface area (Å²) in [7, 11) is -1.09. The van der Waals surface area contributed by atoms with Crippen LogP contribution in [0.2, 0.25) is 0 Å². The molecule has 2 aromatic carbocycles. The number of fused-ring (bicyclic) bond motifs is 1. The number of pyridine rings is 1. The van der Waals surface area contributed by atoms with Gasteiger partial charge in [-0.25, -0.2) is 13.4 Å². The molecular formula is C27H29N5O2S. The smallest absolute Gasteiger partial charge is 0.235 e. The summed E-state index contributed by atoms with van der Waals surface area (Å²) in [5.74, 6) is 0. The second-order valence-electron chi connectivity index (χ2n) is 9.58. The molecule has 0 bridgehead atoms. The molecule has 0 unspecified atom stereocenters. The SMILES string of the molecule is CN1CCN(c2ccc(-c3cnc4[nH]cc(-c5ccc(NS(=O)(=O)C6CC6)cc5)c4c3)cc2)CC1. The first-order chi connectivity index (χ1) is 17.0. The molecule has 0 spiro atoms. The summed E-state index contributed by atoms with van der Waals surface area (Å²) in [5.41, 5.74) is 6.94. The van der Waals surface area contributed by atoms with Gasteiger partial charge in [0.2, 0.25) is 10.0 Å². The lowest BCUT2D eigenvalue weighted by Gasteiger charge is -2.34. The van der Waals surface area contributed by atoms with Crippen molar-refractivity contribution in [2.45, 2.75) is 18.1 Å². The van der Waals surface area contributed by atoms with E-state index in [1.54, 1.807) is 0 Å². The zero-order valence-corrected chi connectivity index (χ0v) is 20.6. The maximum absolute atomic E-state index is 12.2. The zero-order chi connectivity index (χ0) is 24.0. The van der Waals surface area contributed by atoms with Crippen LogP contribution >= 0.6 is 0 Å². The second-order valence-corrected chi connectivity index (χ2v) is 11.5. The molecule has 4 aromatic rings. The van der Waals surface area contributed by atoms with Gasteiger partial charge in [0.15, 0.2) is 0 Å². The molecule has 1 aliphatic heterocycles. The number of hydrogen-bond donors (Lipinski definition) is 2. The van der Waals surface area contributed by atoms with Crippen LogP contribution in [0, 0.1) is 0 Å². The normalized spacial score (nSPS) is 17.1. The Hall–Kier alpha value is -3.36. The number of nitrogens with one attached hydrogen (secondary N) is 2. The topological polar surface area (TPSA) is 81.3 Å².